The molecular formula is C15H23NO. The van der Waals surface area contributed by atoms with Crippen LogP contribution in [0, 0.1) is 6.92 Å². The Morgan fingerprint density at radius 3 is 2.35 bits per heavy atom. The Morgan fingerprint density at radius 1 is 1.24 bits per heavy atom. The summed E-state index contributed by atoms with van der Waals surface area (Å²) in [4.78, 5) is 0. The molecule has 0 bridgehead atoms. The molecule has 0 spiro atoms. The van der Waals surface area contributed by atoms with Crippen molar-refractivity contribution < 1.29 is 5.11 Å². The van der Waals surface area contributed by atoms with Crippen LogP contribution >= 0.6 is 0 Å². The van der Waals surface area contributed by atoms with Crippen LogP contribution in [-0.2, 0) is 5.41 Å². The van der Waals surface area contributed by atoms with Gasteiger partial charge in [-0.05, 0) is 45.2 Å². The van der Waals surface area contributed by atoms with Crippen LogP contribution in [-0.4, -0.2) is 24.8 Å². The van der Waals surface area contributed by atoms with Crippen molar-refractivity contribution in [3.05, 3.63) is 35.4 Å². The lowest BCUT2D eigenvalue weighted by Crippen LogP contribution is -2.41. The number of benzene rings is 1. The maximum Gasteiger partial charge on any atom is 0.0541 e. The summed E-state index contributed by atoms with van der Waals surface area (Å²) >= 11 is 0. The highest BCUT2D eigenvalue weighted by Gasteiger charge is 2.35. The van der Waals surface area contributed by atoms with Gasteiger partial charge in [0.2, 0.25) is 0 Å². The van der Waals surface area contributed by atoms with Gasteiger partial charge in [0.15, 0.2) is 0 Å². The van der Waals surface area contributed by atoms with Crippen LogP contribution in [0.4, 0.5) is 0 Å². The summed E-state index contributed by atoms with van der Waals surface area (Å²) < 4.78 is 0. The molecular weight excluding hydrogens is 210 g/mol. The molecule has 2 N–H and O–H groups in total. The minimum atomic E-state index is -0.0922. The molecule has 1 saturated carbocycles. The van der Waals surface area contributed by atoms with Crippen molar-refractivity contribution in [3.63, 3.8) is 0 Å². The summed E-state index contributed by atoms with van der Waals surface area (Å²) in [5.74, 6) is 0. The quantitative estimate of drug-likeness (QED) is 0.840. The van der Waals surface area contributed by atoms with Gasteiger partial charge >= 0.3 is 0 Å². The minimum Gasteiger partial charge on any atom is -0.393 e. The number of hydrogen-bond acceptors (Lipinski definition) is 2. The van der Waals surface area contributed by atoms with Crippen molar-refractivity contribution in [2.75, 3.05) is 13.6 Å². The Hall–Kier alpha value is -0.860. The first kappa shape index (κ1) is 12.6. The maximum atomic E-state index is 9.68. The fraction of sp³-hybridized carbons (Fsp3) is 0.600. The number of rotatable bonds is 3. The zero-order chi connectivity index (χ0) is 12.3. The van der Waals surface area contributed by atoms with Crippen LogP contribution in [0.3, 0.4) is 0 Å². The Labute approximate surface area is 104 Å². The highest BCUT2D eigenvalue weighted by Crippen LogP contribution is 2.39. The number of hydrogen-bond donors (Lipinski definition) is 2. The van der Waals surface area contributed by atoms with Gasteiger partial charge in [-0.3, -0.25) is 0 Å². The molecule has 1 aliphatic carbocycles. The molecule has 17 heavy (non-hydrogen) atoms. The Morgan fingerprint density at radius 2 is 1.82 bits per heavy atom. The van der Waals surface area contributed by atoms with Gasteiger partial charge in [-0.25, -0.2) is 0 Å². The van der Waals surface area contributed by atoms with E-state index in [-0.39, 0.29) is 11.5 Å². The van der Waals surface area contributed by atoms with Gasteiger partial charge in [0.25, 0.3) is 0 Å². The molecule has 2 rings (SSSR count). The molecule has 1 fully saturated rings. The number of aryl methyl sites for hydroxylation is 1. The van der Waals surface area contributed by atoms with Gasteiger partial charge in [-0.15, -0.1) is 0 Å². The van der Waals surface area contributed by atoms with E-state index in [0.29, 0.717) is 0 Å². The summed E-state index contributed by atoms with van der Waals surface area (Å²) in [5.41, 5.74) is 2.95. The average molecular weight is 233 g/mol. The van der Waals surface area contributed by atoms with Crippen molar-refractivity contribution in [1.82, 2.24) is 5.32 Å². The topological polar surface area (TPSA) is 32.3 Å². The van der Waals surface area contributed by atoms with E-state index >= 15 is 0 Å². The lowest BCUT2D eigenvalue weighted by Gasteiger charge is -2.39. The molecule has 0 aliphatic heterocycles. The molecule has 2 heteroatoms. The van der Waals surface area contributed by atoms with Crippen molar-refractivity contribution in [3.8, 4) is 0 Å². The van der Waals surface area contributed by atoms with E-state index < -0.39 is 0 Å². The summed E-state index contributed by atoms with van der Waals surface area (Å²) in [7, 11) is 2.01. The fourth-order valence-electron chi connectivity index (χ4n) is 2.97. The molecule has 2 nitrogen and oxygen atoms in total. The summed E-state index contributed by atoms with van der Waals surface area (Å²) in [6.45, 7) is 3.13. The minimum absolute atomic E-state index is 0.0922. The normalized spacial score (nSPS) is 29.2. The highest BCUT2D eigenvalue weighted by molar-refractivity contribution is 5.30. The molecule has 0 amide bonds. The van der Waals surface area contributed by atoms with Crippen molar-refractivity contribution in [2.45, 2.75) is 44.1 Å². The van der Waals surface area contributed by atoms with Gasteiger partial charge in [0.05, 0.1) is 6.10 Å². The molecule has 0 atom stereocenters. The number of nitrogens with one attached hydrogen (secondary N) is 1. The fourth-order valence-corrected chi connectivity index (χ4v) is 2.97. The summed E-state index contributed by atoms with van der Waals surface area (Å²) in [6, 6.07) is 8.89. The van der Waals surface area contributed by atoms with E-state index in [9.17, 15) is 5.11 Å². The Bertz CT molecular complexity index is 350. The van der Waals surface area contributed by atoms with Gasteiger partial charge in [-0.2, -0.15) is 0 Å². The second kappa shape index (κ2) is 5.19. The Balaban J connectivity index is 2.24. The molecule has 1 aromatic rings. The lowest BCUT2D eigenvalue weighted by atomic mass is 9.68. The largest absolute Gasteiger partial charge is 0.393 e. The first-order valence-electron chi connectivity index (χ1n) is 6.56. The monoisotopic (exact) mass is 233 g/mol. The third-order valence-corrected chi connectivity index (χ3v) is 4.09. The predicted molar refractivity (Wildman–Crippen MR) is 71.3 cm³/mol. The average Bonchev–Trinajstić information content (AvgIpc) is 2.34. The van der Waals surface area contributed by atoms with E-state index in [4.69, 9.17) is 0 Å². The van der Waals surface area contributed by atoms with E-state index in [1.807, 2.05) is 7.05 Å². The Kier molecular flexibility index (Phi) is 3.85. The number of aliphatic hydroxyl groups is 1. The van der Waals surface area contributed by atoms with Crippen LogP contribution in [0.5, 0.6) is 0 Å². The van der Waals surface area contributed by atoms with Crippen molar-refractivity contribution >= 4 is 0 Å². The van der Waals surface area contributed by atoms with Crippen LogP contribution in [0.15, 0.2) is 24.3 Å². The number of aliphatic hydroxyl groups excluding tert-OH is 1. The smallest absolute Gasteiger partial charge is 0.0541 e. The summed E-state index contributed by atoms with van der Waals surface area (Å²) in [6.07, 6.45) is 3.92. The SMILES string of the molecule is CNCC1(c2ccc(C)cc2)CCC(O)CC1. The predicted octanol–water partition coefficient (Wildman–Crippen LogP) is 2.39. The molecule has 94 valence electrons. The van der Waals surface area contributed by atoms with Gasteiger partial charge in [0, 0.05) is 12.0 Å². The van der Waals surface area contributed by atoms with Crippen LogP contribution < -0.4 is 5.32 Å². The van der Waals surface area contributed by atoms with Crippen LogP contribution in [0.1, 0.15) is 36.8 Å². The van der Waals surface area contributed by atoms with E-state index in [2.05, 4.69) is 36.5 Å². The third kappa shape index (κ3) is 2.70. The molecule has 0 radical (unpaired) electrons. The second-order valence-corrected chi connectivity index (χ2v) is 5.41. The highest BCUT2D eigenvalue weighted by atomic mass is 16.3. The first-order chi connectivity index (χ1) is 8.16. The maximum absolute atomic E-state index is 9.68. The van der Waals surface area contributed by atoms with Gasteiger partial charge < -0.3 is 10.4 Å². The zero-order valence-corrected chi connectivity index (χ0v) is 10.9. The molecule has 1 aliphatic rings. The van der Waals surface area contributed by atoms with Gasteiger partial charge in [0.1, 0.15) is 0 Å². The molecule has 0 saturated heterocycles. The number of likely N-dealkylation sites (N-methyl/N-ethyl adjacent to an activating group) is 1. The lowest BCUT2D eigenvalue weighted by molar-refractivity contribution is 0.0952. The van der Waals surface area contributed by atoms with E-state index in [1.165, 1.54) is 11.1 Å². The molecule has 0 aromatic heterocycles. The van der Waals surface area contributed by atoms with Gasteiger partial charge in [-0.1, -0.05) is 29.8 Å². The standard InChI is InChI=1S/C15H23NO/c1-12-3-5-13(6-4-12)15(11-16-2)9-7-14(17)8-10-15/h3-6,14,16-17H,7-11H2,1-2H3. The van der Waals surface area contributed by atoms with Crippen LogP contribution in [0.2, 0.25) is 0 Å². The van der Waals surface area contributed by atoms with Crippen LogP contribution in [0.25, 0.3) is 0 Å². The van der Waals surface area contributed by atoms with E-state index in [1.54, 1.807) is 0 Å². The molecule has 0 heterocycles. The third-order valence-electron chi connectivity index (χ3n) is 4.09. The van der Waals surface area contributed by atoms with Crippen molar-refractivity contribution in [2.24, 2.45) is 0 Å². The van der Waals surface area contributed by atoms with Crippen molar-refractivity contribution in [1.29, 1.82) is 0 Å². The molecule has 0 unspecified atom stereocenters. The zero-order valence-electron chi connectivity index (χ0n) is 10.9. The summed E-state index contributed by atoms with van der Waals surface area (Å²) in [5, 5.41) is 13.0. The first-order valence-corrected chi connectivity index (χ1v) is 6.56. The van der Waals surface area contributed by atoms with E-state index in [0.717, 1.165) is 32.2 Å². The molecule has 1 aromatic carbocycles. The second-order valence-electron chi connectivity index (χ2n) is 5.41.